The summed E-state index contributed by atoms with van der Waals surface area (Å²) in [7, 11) is 0. The maximum atomic E-state index is 13.3. The van der Waals surface area contributed by atoms with Gasteiger partial charge >= 0.3 is 5.97 Å². The van der Waals surface area contributed by atoms with Gasteiger partial charge in [-0.15, -0.1) is 5.10 Å². The van der Waals surface area contributed by atoms with Crippen LogP contribution in [0.5, 0.6) is 0 Å². The van der Waals surface area contributed by atoms with E-state index in [4.69, 9.17) is 35.5 Å². The molecule has 3 aromatic rings. The Hall–Kier alpha value is -3.56. The lowest BCUT2D eigenvalue weighted by Gasteiger charge is -2.67. The van der Waals surface area contributed by atoms with Gasteiger partial charge < -0.3 is 24.0 Å². The third-order valence-electron chi connectivity index (χ3n) is 13.5. The molecule has 2 aromatic heterocycles. The lowest BCUT2D eigenvalue weighted by atomic mass is 9.36. The number of furan rings is 1. The lowest BCUT2D eigenvalue weighted by molar-refractivity contribution is -0.231. The molecular formula is C39H43ClIN5O7. The molecule has 4 aliphatic carbocycles. The molecule has 1 N–H and O–H groups in total. The molecular weight excluding hydrogens is 813 g/mol. The van der Waals surface area contributed by atoms with Gasteiger partial charge in [0.25, 0.3) is 0 Å². The van der Waals surface area contributed by atoms with Crippen LogP contribution < -0.4 is 5.32 Å². The highest BCUT2D eigenvalue weighted by molar-refractivity contribution is 14.1. The molecule has 3 saturated carbocycles. The topological polar surface area (TPSA) is 150 Å². The fraction of sp³-hybridized carbons (Fsp3) is 0.538. The fourth-order valence-corrected chi connectivity index (χ4v) is 11.8. The molecule has 53 heavy (non-hydrogen) atoms. The number of benzene rings is 1. The number of rotatable bonds is 8. The van der Waals surface area contributed by atoms with E-state index < -0.39 is 34.1 Å². The number of anilines is 1. The summed E-state index contributed by atoms with van der Waals surface area (Å²) in [6.45, 7) is 12.3. The largest absolute Gasteiger partial charge is 0.472 e. The van der Waals surface area contributed by atoms with Gasteiger partial charge in [0.15, 0.2) is 12.4 Å². The number of halogens is 2. The first kappa shape index (κ1) is 36.4. The molecule has 8 rings (SSSR count). The number of nitrogens with zero attached hydrogens (tertiary/aromatic N) is 4. The van der Waals surface area contributed by atoms with Crippen molar-refractivity contribution in [2.24, 2.45) is 38.7 Å². The number of carbonyl (C=O) groups excluding carboxylic acids is 3. The zero-order chi connectivity index (χ0) is 37.7. The second-order valence-electron chi connectivity index (χ2n) is 16.6. The number of aromatic nitrogens is 3. The van der Waals surface area contributed by atoms with Crippen LogP contribution in [0.4, 0.5) is 5.69 Å². The van der Waals surface area contributed by atoms with Crippen molar-refractivity contribution in [2.75, 3.05) is 5.32 Å². The minimum atomic E-state index is -0.724. The summed E-state index contributed by atoms with van der Waals surface area (Å²) in [5, 5.41) is 16.5. The molecule has 1 saturated heterocycles. The smallest absolute Gasteiger partial charge is 0.302 e. The zero-order valence-corrected chi connectivity index (χ0v) is 33.4. The molecule has 1 aromatic carbocycles. The highest BCUT2D eigenvalue weighted by Gasteiger charge is 2.89. The van der Waals surface area contributed by atoms with Crippen molar-refractivity contribution in [3.8, 4) is 0 Å². The summed E-state index contributed by atoms with van der Waals surface area (Å²) < 4.78 is 21.2. The van der Waals surface area contributed by atoms with E-state index in [2.05, 4.69) is 65.1 Å². The first-order valence-electron chi connectivity index (χ1n) is 18.0. The van der Waals surface area contributed by atoms with E-state index in [0.29, 0.717) is 22.8 Å². The summed E-state index contributed by atoms with van der Waals surface area (Å²) in [6.07, 6.45) is 10.3. The molecule has 12 nitrogen and oxygen atoms in total. The number of ether oxygens (including phenoxy) is 2. The minimum absolute atomic E-state index is 0.0178. The van der Waals surface area contributed by atoms with Crippen molar-refractivity contribution < 1.29 is 33.1 Å². The Kier molecular flexibility index (Phi) is 8.58. The van der Waals surface area contributed by atoms with Crippen LogP contribution in [0, 0.1) is 37.1 Å². The van der Waals surface area contributed by atoms with Crippen LogP contribution in [-0.4, -0.2) is 56.2 Å². The summed E-state index contributed by atoms with van der Waals surface area (Å²) in [4.78, 5) is 44.8. The van der Waals surface area contributed by atoms with Crippen molar-refractivity contribution in [3.05, 3.63) is 75.0 Å². The Morgan fingerprint density at radius 3 is 2.68 bits per heavy atom. The average molecular weight is 856 g/mol. The Bertz CT molecular complexity index is 2060. The van der Waals surface area contributed by atoms with E-state index >= 15 is 0 Å². The van der Waals surface area contributed by atoms with Crippen LogP contribution in [0.1, 0.15) is 78.0 Å². The fourth-order valence-electron chi connectivity index (χ4n) is 11.3. The molecule has 0 radical (unpaired) electrons. The Balaban J connectivity index is 1.08. The second kappa shape index (κ2) is 12.5. The standard InChI is InChI=1S/C39H43ClIN5O7/c1-21(47)52-30-16-28-35(2,3)29(48)10-12-36(28,4)27-9-13-37(5)32(22-11-14-50-19-22)33(34-39(37,53-34)38(27,30)6)44-51-20-24-17-46(45-43-24)18-31(49)42-23-7-8-26(41)25(40)15-23/h7-8,10-12,14-15,17,19,27-28,30,32,34H,9,13,16,18,20H2,1-6H3,(H,42,49)/b44-33+/t27-,28+,30-,32-,34-,36-,37+,38+,39-/m1/s1. The van der Waals surface area contributed by atoms with Crippen molar-refractivity contribution in [1.82, 2.24) is 15.0 Å². The molecule has 0 unspecified atom stereocenters. The first-order chi connectivity index (χ1) is 25.1. The summed E-state index contributed by atoms with van der Waals surface area (Å²) in [5.41, 5.74) is 0.100. The van der Waals surface area contributed by atoms with Gasteiger partial charge in [-0.1, -0.05) is 62.7 Å². The van der Waals surface area contributed by atoms with Crippen molar-refractivity contribution in [3.63, 3.8) is 0 Å². The van der Waals surface area contributed by atoms with Crippen molar-refractivity contribution >= 4 is 63.3 Å². The second-order valence-corrected chi connectivity index (χ2v) is 18.1. The van der Waals surface area contributed by atoms with Gasteiger partial charge in [-0.05, 0) is 95.0 Å². The molecule has 1 amide bonds. The van der Waals surface area contributed by atoms with Crippen LogP contribution in [0.3, 0.4) is 0 Å². The number of carbonyl (C=O) groups is 3. The lowest BCUT2D eigenvalue weighted by Crippen LogP contribution is -2.70. The normalized spacial score (nSPS) is 36.9. The highest BCUT2D eigenvalue weighted by Crippen LogP contribution is 2.81. The van der Waals surface area contributed by atoms with E-state index in [1.807, 2.05) is 26.0 Å². The summed E-state index contributed by atoms with van der Waals surface area (Å²) in [6, 6.07) is 7.28. The average Bonchev–Trinajstić information content (AvgIpc) is 3.33. The zero-order valence-electron chi connectivity index (χ0n) is 30.5. The third kappa shape index (κ3) is 5.30. The number of ketones is 1. The molecule has 1 aliphatic heterocycles. The summed E-state index contributed by atoms with van der Waals surface area (Å²) in [5.74, 6) is -0.665. The maximum absolute atomic E-state index is 13.3. The van der Waals surface area contributed by atoms with Gasteiger partial charge in [-0.3, -0.25) is 14.4 Å². The number of amides is 1. The van der Waals surface area contributed by atoms with E-state index in [0.717, 1.165) is 27.7 Å². The molecule has 3 heterocycles. The van der Waals surface area contributed by atoms with Crippen molar-refractivity contribution in [2.45, 2.75) is 97.7 Å². The quantitative estimate of drug-likeness (QED) is 0.108. The Morgan fingerprint density at radius 2 is 1.96 bits per heavy atom. The van der Waals surface area contributed by atoms with Gasteiger partial charge in [-0.2, -0.15) is 0 Å². The van der Waals surface area contributed by atoms with E-state index in [9.17, 15) is 14.4 Å². The maximum Gasteiger partial charge on any atom is 0.302 e. The Morgan fingerprint density at radius 1 is 1.17 bits per heavy atom. The molecule has 0 bridgehead atoms. The van der Waals surface area contributed by atoms with Crippen LogP contribution >= 0.6 is 34.2 Å². The number of fused-ring (bicyclic) bond motifs is 3. The highest BCUT2D eigenvalue weighted by atomic mass is 127. The van der Waals surface area contributed by atoms with E-state index in [1.165, 1.54) is 11.6 Å². The third-order valence-corrected chi connectivity index (χ3v) is 15.1. The van der Waals surface area contributed by atoms with Gasteiger partial charge in [0.2, 0.25) is 5.91 Å². The van der Waals surface area contributed by atoms with Crippen LogP contribution in [-0.2, 0) is 41.8 Å². The minimum Gasteiger partial charge on any atom is -0.472 e. The van der Waals surface area contributed by atoms with Gasteiger partial charge in [0, 0.05) is 38.3 Å². The monoisotopic (exact) mass is 855 g/mol. The number of nitrogens with one attached hydrogen (secondary N) is 1. The van der Waals surface area contributed by atoms with Crippen LogP contribution in [0.25, 0.3) is 0 Å². The molecule has 1 spiro atoms. The van der Waals surface area contributed by atoms with E-state index in [-0.39, 0.29) is 54.0 Å². The molecule has 5 aliphatic rings. The Labute approximate surface area is 326 Å². The SMILES string of the molecule is CC(=O)O[C@@H]1C[C@H]2C(C)(C)C(=O)C=C[C@]2(C)[C@H]2CC[C@@]3(C)[C@H](c4ccoc4)/C(=N\OCc4cn(CC(=O)Nc5ccc(I)c(Cl)c5)nn4)[C@H]4O[C@]43[C@@]21C. The molecule has 14 heteroatoms. The number of oxime groups is 1. The number of epoxide rings is 1. The van der Waals surface area contributed by atoms with Gasteiger partial charge in [0.05, 0.1) is 29.5 Å². The molecule has 280 valence electrons. The predicted molar refractivity (Wildman–Crippen MR) is 203 cm³/mol. The number of hydrogen-bond donors (Lipinski definition) is 1. The van der Waals surface area contributed by atoms with Gasteiger partial charge in [-0.25, -0.2) is 4.68 Å². The summed E-state index contributed by atoms with van der Waals surface area (Å²) >= 11 is 8.33. The van der Waals surface area contributed by atoms with Crippen molar-refractivity contribution in [1.29, 1.82) is 0 Å². The van der Waals surface area contributed by atoms with Crippen LogP contribution in [0.15, 0.2) is 64.7 Å². The molecule has 4 fully saturated rings. The van der Waals surface area contributed by atoms with E-state index in [1.54, 1.807) is 36.9 Å². The number of allylic oxidation sites excluding steroid dienone is 2. The number of hydrogen-bond acceptors (Lipinski definition) is 10. The predicted octanol–water partition coefficient (Wildman–Crippen LogP) is 7.12. The first-order valence-corrected chi connectivity index (χ1v) is 19.5. The molecule has 9 atom stereocenters. The van der Waals surface area contributed by atoms with Gasteiger partial charge in [0.1, 0.15) is 30.0 Å². The van der Waals surface area contributed by atoms with Crippen LogP contribution in [0.2, 0.25) is 5.02 Å². The number of esters is 1.